The van der Waals surface area contributed by atoms with Gasteiger partial charge < -0.3 is 89.9 Å². The molecule has 3 aliphatic rings. The Bertz CT molecular complexity index is 2060. The third kappa shape index (κ3) is 42.6. The molecule has 0 bridgehead atoms. The van der Waals surface area contributed by atoms with Gasteiger partial charge in [-0.3, -0.25) is 4.79 Å². The summed E-state index contributed by atoms with van der Waals surface area (Å²) >= 11 is 0. The fourth-order valence-corrected chi connectivity index (χ4v) is 13.8. The molecule has 3 fully saturated rings. The lowest BCUT2D eigenvalue weighted by Gasteiger charge is -2.48. The molecule has 0 spiro atoms. The van der Waals surface area contributed by atoms with E-state index < -0.39 is 124 Å². The second-order valence-corrected chi connectivity index (χ2v) is 29.2. The number of aliphatic hydroxyl groups excluding tert-OH is 11. The SMILES string of the molecule is CC/C=C\C/C=C\C/C=C\C/C=C\C/C=C\CCCCCCCCCCCCCCCC(=O)NC(COC1OC(CO)C(OC2OC(CO)C(OC3OC(CO)C(O)C(O)C3O)C(O)C2O)C(O)C1O)C(O)CCCCCCCCCCCCCCCCCCCCCCCCCCCCC. The second-order valence-electron chi connectivity index (χ2n) is 29.2. The fraction of sp³-hybridized carbons (Fsp3) is 0.866. The van der Waals surface area contributed by atoms with E-state index in [1.807, 2.05) is 0 Å². The number of rotatable bonds is 65. The quantitative estimate of drug-likeness (QED) is 0.0199. The minimum absolute atomic E-state index is 0.242. The van der Waals surface area contributed by atoms with Crippen LogP contribution in [-0.4, -0.2) is 193 Å². The van der Waals surface area contributed by atoms with Crippen molar-refractivity contribution in [2.75, 3.05) is 26.4 Å². The molecule has 0 aromatic rings. The molecule has 3 rings (SSSR count). The van der Waals surface area contributed by atoms with Gasteiger partial charge in [-0.2, -0.15) is 0 Å². The van der Waals surface area contributed by atoms with Gasteiger partial charge in [0.05, 0.1) is 38.6 Å². The van der Waals surface area contributed by atoms with Gasteiger partial charge in [-0.1, -0.05) is 319 Å². The molecule has 17 unspecified atom stereocenters. The summed E-state index contributed by atoms with van der Waals surface area (Å²) < 4.78 is 34.5. The van der Waals surface area contributed by atoms with Gasteiger partial charge in [-0.25, -0.2) is 0 Å². The Balaban J connectivity index is 1.36. The Kier molecular flexibility index (Phi) is 57.4. The molecule has 590 valence electrons. The van der Waals surface area contributed by atoms with E-state index in [0.717, 1.165) is 83.5 Å². The van der Waals surface area contributed by atoms with Gasteiger partial charge in [-0.05, 0) is 57.8 Å². The number of carbonyl (C=O) groups is 1. The number of hydrogen-bond acceptors (Lipinski definition) is 18. The van der Waals surface area contributed by atoms with Gasteiger partial charge in [0.1, 0.15) is 73.2 Å². The summed E-state index contributed by atoms with van der Waals surface area (Å²) in [5.41, 5.74) is 0. The molecule has 19 heteroatoms. The molecule has 0 aromatic carbocycles. The molecule has 17 atom stereocenters. The van der Waals surface area contributed by atoms with Crippen molar-refractivity contribution in [1.29, 1.82) is 0 Å². The zero-order valence-electron chi connectivity index (χ0n) is 63.1. The molecule has 3 heterocycles. The Labute approximate surface area is 611 Å². The van der Waals surface area contributed by atoms with E-state index in [2.05, 4.69) is 79.9 Å². The highest BCUT2D eigenvalue weighted by atomic mass is 16.8. The van der Waals surface area contributed by atoms with E-state index >= 15 is 0 Å². The van der Waals surface area contributed by atoms with Crippen molar-refractivity contribution >= 4 is 5.91 Å². The lowest BCUT2D eigenvalue weighted by Crippen LogP contribution is -2.66. The summed E-state index contributed by atoms with van der Waals surface area (Å²) in [6, 6.07) is -0.892. The van der Waals surface area contributed by atoms with E-state index in [1.165, 1.54) is 205 Å². The summed E-state index contributed by atoms with van der Waals surface area (Å²) in [5, 5.41) is 121. The van der Waals surface area contributed by atoms with Crippen LogP contribution < -0.4 is 5.32 Å². The van der Waals surface area contributed by atoms with Crippen molar-refractivity contribution < 1.29 is 89.4 Å². The largest absolute Gasteiger partial charge is 0.394 e. The first kappa shape index (κ1) is 92.7. The molecule has 101 heavy (non-hydrogen) atoms. The summed E-state index contributed by atoms with van der Waals surface area (Å²) in [6.07, 6.45) is 53.0. The van der Waals surface area contributed by atoms with Gasteiger partial charge in [0.25, 0.3) is 0 Å². The number of carbonyl (C=O) groups excluding carboxylic acids is 1. The molecule has 0 aromatic heterocycles. The number of aliphatic hydroxyl groups is 11. The van der Waals surface area contributed by atoms with E-state index in [-0.39, 0.29) is 18.9 Å². The van der Waals surface area contributed by atoms with Crippen LogP contribution in [0, 0.1) is 0 Å². The zero-order valence-corrected chi connectivity index (χ0v) is 63.1. The molecular weight excluding hydrogens is 1290 g/mol. The molecule has 0 radical (unpaired) electrons. The van der Waals surface area contributed by atoms with Crippen LogP contribution in [0.5, 0.6) is 0 Å². The number of hydrogen-bond donors (Lipinski definition) is 12. The summed E-state index contributed by atoms with van der Waals surface area (Å²) in [4.78, 5) is 13.5. The molecular formula is C82H149NO18. The zero-order chi connectivity index (χ0) is 73.2. The van der Waals surface area contributed by atoms with E-state index in [4.69, 9.17) is 28.4 Å². The topological polar surface area (TPSA) is 307 Å². The van der Waals surface area contributed by atoms with Crippen molar-refractivity contribution in [2.24, 2.45) is 0 Å². The second kappa shape index (κ2) is 62.5. The Morgan fingerprint density at radius 1 is 0.366 bits per heavy atom. The number of nitrogens with one attached hydrogen (secondary N) is 1. The monoisotopic (exact) mass is 1440 g/mol. The summed E-state index contributed by atoms with van der Waals surface area (Å²) in [7, 11) is 0. The molecule has 12 N–H and O–H groups in total. The lowest BCUT2D eigenvalue weighted by atomic mass is 9.96. The third-order valence-electron chi connectivity index (χ3n) is 20.4. The van der Waals surface area contributed by atoms with Gasteiger partial charge in [0.15, 0.2) is 18.9 Å². The standard InChI is InChI=1S/C82H149NO18/c1-3-5-7-9-11-13-15-17-19-21-23-25-27-29-31-32-34-36-38-40-42-44-46-48-50-52-54-56-58-60-70(88)83-65(66(87)59-57-55-53-51-49-47-45-43-41-39-37-35-33-30-28-26-24-22-20-18-16-14-12-10-8-6-4-2)64-96-80-76(94)73(91)78(68(62-85)98-80)101-82-77(95)74(92)79(69(63-86)99-82)100-81-75(93)72(90)71(89)67(61-84)97-81/h5,7,11,13,17,19,23,25,29,31,65-69,71-82,84-87,89-95H,3-4,6,8-10,12,14-16,18,20-22,24,26-28,30,32-64H2,1-2H3,(H,83,88)/b7-5-,13-11-,19-17-,25-23-,31-29-. The number of ether oxygens (including phenoxy) is 6. The average Bonchev–Trinajstić information content (AvgIpc) is 0.796. The molecule has 19 nitrogen and oxygen atoms in total. The van der Waals surface area contributed by atoms with Crippen molar-refractivity contribution in [1.82, 2.24) is 5.32 Å². The van der Waals surface area contributed by atoms with Gasteiger partial charge >= 0.3 is 0 Å². The number of amides is 1. The Morgan fingerprint density at radius 3 is 1.07 bits per heavy atom. The first-order chi connectivity index (χ1) is 49.3. The fourth-order valence-electron chi connectivity index (χ4n) is 13.8. The minimum Gasteiger partial charge on any atom is -0.394 e. The molecule has 0 aliphatic carbocycles. The molecule has 0 saturated carbocycles. The maximum absolute atomic E-state index is 13.5. The van der Waals surface area contributed by atoms with Crippen LogP contribution in [0.4, 0.5) is 0 Å². The lowest BCUT2D eigenvalue weighted by molar-refractivity contribution is -0.379. The molecule has 1 amide bonds. The van der Waals surface area contributed by atoms with E-state index in [0.29, 0.717) is 12.8 Å². The summed E-state index contributed by atoms with van der Waals surface area (Å²) in [5.74, 6) is -0.242. The van der Waals surface area contributed by atoms with Crippen LogP contribution in [0.2, 0.25) is 0 Å². The Hall–Kier alpha value is -2.51. The highest BCUT2D eigenvalue weighted by molar-refractivity contribution is 5.76. The normalized spacial score (nSPS) is 26.6. The van der Waals surface area contributed by atoms with Crippen LogP contribution in [0.1, 0.15) is 322 Å². The maximum atomic E-state index is 13.5. The van der Waals surface area contributed by atoms with Crippen LogP contribution >= 0.6 is 0 Å². The van der Waals surface area contributed by atoms with Gasteiger partial charge in [-0.15, -0.1) is 0 Å². The number of allylic oxidation sites excluding steroid dienone is 10. The van der Waals surface area contributed by atoms with Crippen molar-refractivity contribution in [3.63, 3.8) is 0 Å². The van der Waals surface area contributed by atoms with Crippen molar-refractivity contribution in [2.45, 2.75) is 426 Å². The van der Waals surface area contributed by atoms with Crippen molar-refractivity contribution in [3.05, 3.63) is 60.8 Å². The third-order valence-corrected chi connectivity index (χ3v) is 20.4. The highest BCUT2D eigenvalue weighted by Gasteiger charge is 2.54. The molecule has 3 aliphatic heterocycles. The van der Waals surface area contributed by atoms with E-state index in [9.17, 15) is 61.0 Å². The first-order valence-corrected chi connectivity index (χ1v) is 41.0. The van der Waals surface area contributed by atoms with Gasteiger partial charge in [0, 0.05) is 6.42 Å². The van der Waals surface area contributed by atoms with Crippen LogP contribution in [0.25, 0.3) is 0 Å². The average molecular weight is 1440 g/mol. The first-order valence-electron chi connectivity index (χ1n) is 41.0. The van der Waals surface area contributed by atoms with E-state index in [1.54, 1.807) is 0 Å². The predicted molar refractivity (Wildman–Crippen MR) is 402 cm³/mol. The maximum Gasteiger partial charge on any atom is 0.220 e. The summed E-state index contributed by atoms with van der Waals surface area (Å²) in [6.45, 7) is 1.73. The molecule has 3 saturated heterocycles. The smallest absolute Gasteiger partial charge is 0.220 e. The van der Waals surface area contributed by atoms with Crippen LogP contribution in [0.15, 0.2) is 60.8 Å². The van der Waals surface area contributed by atoms with Crippen LogP contribution in [-0.2, 0) is 33.2 Å². The predicted octanol–water partition coefficient (Wildman–Crippen LogP) is 13.8. The highest BCUT2D eigenvalue weighted by Crippen LogP contribution is 2.33. The van der Waals surface area contributed by atoms with Crippen molar-refractivity contribution in [3.8, 4) is 0 Å². The number of unbranched alkanes of at least 4 members (excludes halogenated alkanes) is 39. The Morgan fingerprint density at radius 2 is 0.683 bits per heavy atom. The van der Waals surface area contributed by atoms with Gasteiger partial charge in [0.2, 0.25) is 5.91 Å². The minimum atomic E-state index is -1.97. The van der Waals surface area contributed by atoms with Crippen LogP contribution in [0.3, 0.4) is 0 Å².